The van der Waals surface area contributed by atoms with Gasteiger partial charge in [-0.25, -0.2) is 27.4 Å². The highest BCUT2D eigenvalue weighted by Gasteiger charge is 2.39. The highest BCUT2D eigenvalue weighted by molar-refractivity contribution is 5.79. The van der Waals surface area contributed by atoms with Crippen LogP contribution in [-0.4, -0.2) is 41.3 Å². The molecule has 0 N–H and O–H groups in total. The molecule has 146 valence electrons. The molecule has 1 atom stereocenters. The van der Waals surface area contributed by atoms with Gasteiger partial charge in [0, 0.05) is 24.8 Å². The van der Waals surface area contributed by atoms with Crippen LogP contribution in [0.1, 0.15) is 18.0 Å². The van der Waals surface area contributed by atoms with Crippen molar-refractivity contribution in [1.82, 2.24) is 9.91 Å². The Bertz CT molecular complexity index is 927. The van der Waals surface area contributed by atoms with Crippen molar-refractivity contribution in [1.29, 1.82) is 0 Å². The third-order valence-electron chi connectivity index (χ3n) is 4.60. The standard InChI is InChI=1S/C19H15F4N3O2/c20-12-1-2-18(16(23)8-12)28-15-9-25(10-15)19(27)26-17(3-4-24-26)11-5-13(21)7-14(22)6-11/h1-2,4-8,15,17H,3,9-10H2. The predicted molar refractivity (Wildman–Crippen MR) is 91.8 cm³/mol. The van der Waals surface area contributed by atoms with Crippen LogP contribution >= 0.6 is 0 Å². The lowest BCUT2D eigenvalue weighted by Gasteiger charge is -2.41. The summed E-state index contributed by atoms with van der Waals surface area (Å²) in [6.07, 6.45) is 1.40. The van der Waals surface area contributed by atoms with E-state index in [9.17, 15) is 22.4 Å². The number of hydrazone groups is 1. The Morgan fingerprint density at radius 2 is 1.71 bits per heavy atom. The number of hydrogen-bond acceptors (Lipinski definition) is 3. The van der Waals surface area contributed by atoms with Crippen molar-refractivity contribution in [2.75, 3.05) is 13.1 Å². The molecule has 2 aliphatic heterocycles. The molecule has 4 rings (SSSR count). The van der Waals surface area contributed by atoms with Gasteiger partial charge in [0.2, 0.25) is 0 Å². The van der Waals surface area contributed by atoms with Crippen molar-refractivity contribution in [3.63, 3.8) is 0 Å². The van der Waals surface area contributed by atoms with E-state index in [4.69, 9.17) is 4.74 Å². The molecular formula is C19H15F4N3O2. The number of hydrogen-bond donors (Lipinski definition) is 0. The minimum Gasteiger partial charge on any atom is -0.484 e. The van der Waals surface area contributed by atoms with Crippen LogP contribution in [0.5, 0.6) is 5.75 Å². The monoisotopic (exact) mass is 393 g/mol. The van der Waals surface area contributed by atoms with Crippen LogP contribution in [0.2, 0.25) is 0 Å². The van der Waals surface area contributed by atoms with Crippen LogP contribution in [-0.2, 0) is 0 Å². The van der Waals surface area contributed by atoms with E-state index in [-0.39, 0.29) is 18.8 Å². The zero-order chi connectivity index (χ0) is 19.8. The Morgan fingerprint density at radius 3 is 2.39 bits per heavy atom. The summed E-state index contributed by atoms with van der Waals surface area (Å²) in [6.45, 7) is 0.373. The molecule has 1 unspecified atom stereocenters. The highest BCUT2D eigenvalue weighted by Crippen LogP contribution is 2.31. The van der Waals surface area contributed by atoms with Crippen molar-refractivity contribution in [3.05, 3.63) is 65.2 Å². The molecule has 0 aliphatic carbocycles. The van der Waals surface area contributed by atoms with E-state index in [0.29, 0.717) is 12.0 Å². The Labute approximate surface area is 157 Å². The summed E-state index contributed by atoms with van der Waals surface area (Å²) >= 11 is 0. The highest BCUT2D eigenvalue weighted by atomic mass is 19.1. The summed E-state index contributed by atoms with van der Waals surface area (Å²) in [7, 11) is 0. The van der Waals surface area contributed by atoms with Crippen molar-refractivity contribution in [2.45, 2.75) is 18.6 Å². The first-order valence-electron chi connectivity index (χ1n) is 8.59. The fourth-order valence-corrected chi connectivity index (χ4v) is 3.21. The summed E-state index contributed by atoms with van der Waals surface area (Å²) in [5, 5.41) is 5.19. The number of carbonyl (C=O) groups is 1. The average molecular weight is 393 g/mol. The number of ether oxygens (including phenoxy) is 1. The van der Waals surface area contributed by atoms with Gasteiger partial charge in [0.1, 0.15) is 23.6 Å². The topological polar surface area (TPSA) is 45.1 Å². The number of halogens is 4. The van der Waals surface area contributed by atoms with Gasteiger partial charge in [-0.05, 0) is 29.8 Å². The Morgan fingerprint density at radius 1 is 1.00 bits per heavy atom. The molecule has 9 heteroatoms. The second-order valence-corrected chi connectivity index (χ2v) is 6.60. The summed E-state index contributed by atoms with van der Waals surface area (Å²) in [5.74, 6) is -3.07. The molecular weight excluding hydrogens is 378 g/mol. The SMILES string of the molecule is O=C(N1CC(Oc2ccc(F)cc2F)C1)N1N=CCC1c1cc(F)cc(F)c1. The normalized spacial score (nSPS) is 19.1. The number of likely N-dealkylation sites (tertiary alicyclic amines) is 1. The molecule has 28 heavy (non-hydrogen) atoms. The molecule has 0 spiro atoms. The third kappa shape index (κ3) is 3.51. The molecule has 2 aromatic carbocycles. The largest absolute Gasteiger partial charge is 0.484 e. The van der Waals surface area contributed by atoms with E-state index < -0.39 is 41.4 Å². The van der Waals surface area contributed by atoms with Gasteiger partial charge in [0.15, 0.2) is 11.6 Å². The Hall–Kier alpha value is -3.10. The van der Waals surface area contributed by atoms with Crippen molar-refractivity contribution >= 4 is 12.2 Å². The summed E-state index contributed by atoms with van der Waals surface area (Å²) < 4.78 is 59.0. The second kappa shape index (κ2) is 7.14. The summed E-state index contributed by atoms with van der Waals surface area (Å²) in [5.41, 5.74) is 0.310. The maximum atomic E-state index is 13.6. The lowest BCUT2D eigenvalue weighted by atomic mass is 10.0. The number of rotatable bonds is 3. The lowest BCUT2D eigenvalue weighted by molar-refractivity contribution is 0.0256. The maximum absolute atomic E-state index is 13.6. The van der Waals surface area contributed by atoms with Gasteiger partial charge in [0.25, 0.3) is 0 Å². The zero-order valence-electron chi connectivity index (χ0n) is 14.5. The van der Waals surface area contributed by atoms with Crippen LogP contribution < -0.4 is 4.74 Å². The van der Waals surface area contributed by atoms with E-state index in [1.807, 2.05) is 0 Å². The van der Waals surface area contributed by atoms with Crippen LogP contribution in [0, 0.1) is 23.3 Å². The van der Waals surface area contributed by atoms with Gasteiger partial charge in [-0.3, -0.25) is 0 Å². The van der Waals surface area contributed by atoms with E-state index in [1.54, 1.807) is 0 Å². The minimum atomic E-state index is -0.817. The van der Waals surface area contributed by atoms with Gasteiger partial charge < -0.3 is 9.64 Å². The molecule has 1 fully saturated rings. The van der Waals surface area contributed by atoms with Gasteiger partial charge >= 0.3 is 6.03 Å². The van der Waals surface area contributed by atoms with E-state index in [2.05, 4.69) is 5.10 Å². The first-order chi connectivity index (χ1) is 13.4. The smallest absolute Gasteiger partial charge is 0.341 e. The Kier molecular flexibility index (Phi) is 4.66. The van der Waals surface area contributed by atoms with Gasteiger partial charge in [-0.15, -0.1) is 0 Å². The first kappa shape index (κ1) is 18.3. The number of carbonyl (C=O) groups excluding carboxylic acids is 1. The molecule has 0 aromatic heterocycles. The fraction of sp³-hybridized carbons (Fsp3) is 0.263. The van der Waals surface area contributed by atoms with E-state index >= 15 is 0 Å². The minimum absolute atomic E-state index is 0.0918. The molecule has 0 radical (unpaired) electrons. The summed E-state index contributed by atoms with van der Waals surface area (Å²) in [6, 6.07) is 5.05. The molecule has 5 nitrogen and oxygen atoms in total. The van der Waals surface area contributed by atoms with Crippen LogP contribution in [0.25, 0.3) is 0 Å². The first-order valence-corrected chi connectivity index (χ1v) is 8.59. The quantitative estimate of drug-likeness (QED) is 0.744. The van der Waals surface area contributed by atoms with Crippen LogP contribution in [0.3, 0.4) is 0 Å². The van der Waals surface area contributed by atoms with E-state index in [1.165, 1.54) is 34.3 Å². The molecule has 2 amide bonds. The van der Waals surface area contributed by atoms with Crippen molar-refractivity contribution in [2.24, 2.45) is 5.10 Å². The van der Waals surface area contributed by atoms with Gasteiger partial charge in [-0.1, -0.05) is 0 Å². The zero-order valence-corrected chi connectivity index (χ0v) is 14.5. The molecule has 0 bridgehead atoms. The molecule has 1 saturated heterocycles. The van der Waals surface area contributed by atoms with E-state index in [0.717, 1.165) is 18.2 Å². The lowest BCUT2D eigenvalue weighted by Crippen LogP contribution is -2.58. The summed E-state index contributed by atoms with van der Waals surface area (Å²) in [4.78, 5) is 14.1. The molecule has 2 aromatic rings. The third-order valence-corrected chi connectivity index (χ3v) is 4.60. The molecule has 2 heterocycles. The van der Waals surface area contributed by atoms with Crippen LogP contribution in [0.4, 0.5) is 22.4 Å². The predicted octanol–water partition coefficient (Wildman–Crippen LogP) is 3.86. The van der Waals surface area contributed by atoms with Crippen molar-refractivity contribution < 1.29 is 27.1 Å². The van der Waals surface area contributed by atoms with Gasteiger partial charge in [0.05, 0.1) is 19.1 Å². The Balaban J connectivity index is 1.39. The number of benzene rings is 2. The molecule has 2 aliphatic rings. The maximum Gasteiger partial charge on any atom is 0.341 e. The number of urea groups is 1. The average Bonchev–Trinajstić information content (AvgIpc) is 3.07. The van der Waals surface area contributed by atoms with Crippen LogP contribution in [0.15, 0.2) is 41.5 Å². The fourth-order valence-electron chi connectivity index (χ4n) is 3.21. The number of nitrogens with zero attached hydrogens (tertiary/aromatic N) is 3. The van der Waals surface area contributed by atoms with Gasteiger partial charge in [-0.2, -0.15) is 5.10 Å². The van der Waals surface area contributed by atoms with Crippen molar-refractivity contribution in [3.8, 4) is 5.75 Å². The molecule has 0 saturated carbocycles. The number of amides is 2. The second-order valence-electron chi connectivity index (χ2n) is 6.60.